The van der Waals surface area contributed by atoms with Crippen LogP contribution >= 0.6 is 0 Å². The molecule has 2 heterocycles. The Morgan fingerprint density at radius 3 is 2.29 bits per heavy atom. The molecular weight excluding hydrogens is 290 g/mol. The van der Waals surface area contributed by atoms with Crippen LogP contribution in [0.15, 0.2) is 5.18 Å². The molecule has 2 aliphatic rings. The van der Waals surface area contributed by atoms with Crippen molar-refractivity contribution in [2.45, 2.75) is 62.2 Å². The maximum Gasteiger partial charge on any atom is 0.189 e. The number of aliphatic hydroxyl groups is 5. The summed E-state index contributed by atoms with van der Waals surface area (Å²) in [5.41, 5.74) is 0. The zero-order valence-corrected chi connectivity index (χ0v) is 11.1. The molecule has 2 rings (SSSR count). The molecule has 0 aromatic rings. The summed E-state index contributed by atoms with van der Waals surface area (Å²) in [6.45, 7) is -0.209. The second-order valence-electron chi connectivity index (χ2n) is 5.12. The van der Waals surface area contributed by atoms with Crippen LogP contribution in [0, 0.1) is 4.91 Å². The number of nitroso groups, excluding NO2 is 1. The Balaban J connectivity index is 1.95. The molecule has 2 fully saturated rings. The van der Waals surface area contributed by atoms with Crippen LogP contribution in [-0.2, 0) is 14.2 Å². The zero-order chi connectivity index (χ0) is 15.6. The van der Waals surface area contributed by atoms with Crippen LogP contribution in [0.4, 0.5) is 0 Å². The first-order chi connectivity index (χ1) is 9.92. The monoisotopic (exact) mass is 309 g/mol. The Kier molecular flexibility index (Phi) is 5.57. The highest BCUT2D eigenvalue weighted by atomic mass is 16.8. The van der Waals surface area contributed by atoms with Gasteiger partial charge in [-0.15, -0.1) is 0 Å². The topological polar surface area (TPSA) is 158 Å². The van der Waals surface area contributed by atoms with E-state index >= 15 is 0 Å². The molecule has 0 radical (unpaired) electrons. The van der Waals surface area contributed by atoms with Crippen molar-refractivity contribution in [2.24, 2.45) is 5.18 Å². The fourth-order valence-electron chi connectivity index (χ4n) is 2.28. The molecule has 0 spiro atoms. The van der Waals surface area contributed by atoms with E-state index in [4.69, 9.17) is 14.2 Å². The molecule has 0 aliphatic carbocycles. The van der Waals surface area contributed by atoms with Gasteiger partial charge in [0.15, 0.2) is 18.9 Å². The second kappa shape index (κ2) is 7.03. The van der Waals surface area contributed by atoms with Gasteiger partial charge in [0.25, 0.3) is 0 Å². The molecule has 0 saturated carbocycles. The van der Waals surface area contributed by atoms with Crippen molar-refractivity contribution < 1.29 is 39.7 Å². The number of aliphatic hydroxyl groups excluding tert-OH is 5. The lowest BCUT2D eigenvalue weighted by Crippen LogP contribution is -2.54. The van der Waals surface area contributed by atoms with Gasteiger partial charge >= 0.3 is 0 Å². The van der Waals surface area contributed by atoms with Crippen molar-refractivity contribution in [3.63, 3.8) is 0 Å². The first-order valence-corrected chi connectivity index (χ1v) is 6.58. The standard InChI is InChI=1S/C11H19NO9/c13-5-1-4(3-12-18)19-11(9(5)16)21-7-2-6(14)8(15)10(17)20-7/h4-11,13-17H,1-3H2. The Morgan fingerprint density at radius 2 is 1.67 bits per heavy atom. The molecule has 0 aromatic carbocycles. The van der Waals surface area contributed by atoms with Gasteiger partial charge in [0, 0.05) is 12.8 Å². The van der Waals surface area contributed by atoms with E-state index < -0.39 is 49.4 Å². The number of nitrogens with zero attached hydrogens (tertiary/aromatic N) is 1. The first kappa shape index (κ1) is 16.6. The van der Waals surface area contributed by atoms with Crippen LogP contribution in [0.25, 0.3) is 0 Å². The van der Waals surface area contributed by atoms with E-state index in [0.717, 1.165) is 0 Å². The molecule has 2 saturated heterocycles. The fourth-order valence-corrected chi connectivity index (χ4v) is 2.28. The molecule has 0 amide bonds. The lowest BCUT2D eigenvalue weighted by atomic mass is 10.0. The third-order valence-electron chi connectivity index (χ3n) is 3.48. The predicted octanol–water partition coefficient (Wildman–Crippen LogP) is -2.61. The average molecular weight is 309 g/mol. The van der Waals surface area contributed by atoms with Crippen molar-refractivity contribution in [1.82, 2.24) is 0 Å². The Bertz CT molecular complexity index is 345. The van der Waals surface area contributed by atoms with E-state index in [2.05, 4.69) is 5.18 Å². The summed E-state index contributed by atoms with van der Waals surface area (Å²) in [7, 11) is 0. The molecule has 10 heteroatoms. The molecule has 10 nitrogen and oxygen atoms in total. The number of hydrogen-bond donors (Lipinski definition) is 5. The van der Waals surface area contributed by atoms with Gasteiger partial charge in [-0.05, 0) is 0 Å². The minimum Gasteiger partial charge on any atom is -0.390 e. The summed E-state index contributed by atoms with van der Waals surface area (Å²) >= 11 is 0. The summed E-state index contributed by atoms with van der Waals surface area (Å²) < 4.78 is 15.4. The zero-order valence-electron chi connectivity index (χ0n) is 11.1. The van der Waals surface area contributed by atoms with Crippen LogP contribution < -0.4 is 0 Å². The third kappa shape index (κ3) is 3.93. The number of rotatable bonds is 4. The van der Waals surface area contributed by atoms with Crippen LogP contribution in [0.3, 0.4) is 0 Å². The summed E-state index contributed by atoms with van der Waals surface area (Å²) in [6.07, 6.45) is -10.2. The predicted molar refractivity (Wildman–Crippen MR) is 64.5 cm³/mol. The van der Waals surface area contributed by atoms with Crippen LogP contribution in [-0.4, -0.2) is 81.5 Å². The van der Waals surface area contributed by atoms with Gasteiger partial charge in [-0.1, -0.05) is 5.18 Å². The summed E-state index contributed by atoms with van der Waals surface area (Å²) in [5, 5.41) is 50.4. The maximum atomic E-state index is 10.2. The normalized spacial score (nSPS) is 48.0. The first-order valence-electron chi connectivity index (χ1n) is 6.58. The highest BCUT2D eigenvalue weighted by Gasteiger charge is 2.42. The van der Waals surface area contributed by atoms with Gasteiger partial charge in [-0.25, -0.2) is 0 Å². The van der Waals surface area contributed by atoms with Crippen molar-refractivity contribution in [3.8, 4) is 0 Å². The van der Waals surface area contributed by atoms with E-state index in [-0.39, 0.29) is 19.4 Å². The Hall–Kier alpha value is -0.720. The second-order valence-corrected chi connectivity index (χ2v) is 5.12. The fraction of sp³-hybridized carbons (Fsp3) is 1.00. The average Bonchev–Trinajstić information content (AvgIpc) is 2.42. The van der Waals surface area contributed by atoms with E-state index in [1.54, 1.807) is 0 Å². The van der Waals surface area contributed by atoms with Crippen molar-refractivity contribution in [1.29, 1.82) is 0 Å². The minimum absolute atomic E-state index is 0.0300. The summed E-state index contributed by atoms with van der Waals surface area (Å²) in [4.78, 5) is 10.2. The largest absolute Gasteiger partial charge is 0.390 e. The summed E-state index contributed by atoms with van der Waals surface area (Å²) in [6, 6.07) is 0. The Morgan fingerprint density at radius 1 is 1.00 bits per heavy atom. The lowest BCUT2D eigenvalue weighted by Gasteiger charge is -2.40. The van der Waals surface area contributed by atoms with Crippen LogP contribution in [0.5, 0.6) is 0 Å². The van der Waals surface area contributed by atoms with Gasteiger partial charge in [-0.2, -0.15) is 4.91 Å². The molecule has 8 atom stereocenters. The minimum atomic E-state index is -1.64. The SMILES string of the molecule is O=NCC1CC(O)C(O)C(OC2CC(O)C(O)C(O)O2)O1. The Labute approximate surface area is 119 Å². The van der Waals surface area contributed by atoms with Crippen LogP contribution in [0.1, 0.15) is 12.8 Å². The molecule has 2 aliphatic heterocycles. The smallest absolute Gasteiger partial charge is 0.189 e. The highest BCUT2D eigenvalue weighted by Crippen LogP contribution is 2.26. The quantitative estimate of drug-likeness (QED) is 0.351. The van der Waals surface area contributed by atoms with Gasteiger partial charge < -0.3 is 39.7 Å². The lowest BCUT2D eigenvalue weighted by molar-refractivity contribution is -0.363. The van der Waals surface area contributed by atoms with Gasteiger partial charge in [-0.3, -0.25) is 0 Å². The third-order valence-corrected chi connectivity index (χ3v) is 3.48. The van der Waals surface area contributed by atoms with E-state index in [1.165, 1.54) is 0 Å². The molecule has 5 N–H and O–H groups in total. The van der Waals surface area contributed by atoms with E-state index in [9.17, 15) is 30.4 Å². The summed E-state index contributed by atoms with van der Waals surface area (Å²) in [5.74, 6) is 0. The van der Waals surface area contributed by atoms with Gasteiger partial charge in [0.05, 0.1) is 18.3 Å². The highest BCUT2D eigenvalue weighted by molar-refractivity contribution is 4.83. The maximum absolute atomic E-state index is 10.2. The van der Waals surface area contributed by atoms with Crippen molar-refractivity contribution >= 4 is 0 Å². The van der Waals surface area contributed by atoms with Crippen LogP contribution in [0.2, 0.25) is 0 Å². The molecular formula is C11H19NO9. The van der Waals surface area contributed by atoms with Gasteiger partial charge in [0.1, 0.15) is 18.8 Å². The van der Waals surface area contributed by atoms with Crippen molar-refractivity contribution in [2.75, 3.05) is 6.54 Å². The molecule has 0 aromatic heterocycles. The number of hydrogen-bond acceptors (Lipinski definition) is 10. The van der Waals surface area contributed by atoms with E-state index in [1.807, 2.05) is 0 Å². The molecule has 8 unspecified atom stereocenters. The number of ether oxygens (including phenoxy) is 3. The van der Waals surface area contributed by atoms with E-state index in [0.29, 0.717) is 0 Å². The molecule has 21 heavy (non-hydrogen) atoms. The van der Waals surface area contributed by atoms with Gasteiger partial charge in [0.2, 0.25) is 0 Å². The van der Waals surface area contributed by atoms with Crippen molar-refractivity contribution in [3.05, 3.63) is 4.91 Å². The molecule has 0 bridgehead atoms. The molecule has 122 valence electrons.